The van der Waals surface area contributed by atoms with E-state index in [1.54, 1.807) is 7.11 Å². The minimum atomic E-state index is -0.250. The number of hydrogen-bond donors (Lipinski definition) is 1. The number of benzene rings is 1. The van der Waals surface area contributed by atoms with Crippen LogP contribution in [-0.2, 0) is 16.1 Å². The lowest BCUT2D eigenvalue weighted by molar-refractivity contribution is -0.122. The molecule has 1 aromatic carbocycles. The lowest BCUT2D eigenvalue weighted by Gasteiger charge is -2.25. The Hall–Kier alpha value is -2.38. The molecule has 1 N–H and O–H groups in total. The summed E-state index contributed by atoms with van der Waals surface area (Å²) in [5, 5.41) is 6.89. The Morgan fingerprint density at radius 2 is 2.00 bits per heavy atom. The first kappa shape index (κ1) is 21.9. The van der Waals surface area contributed by atoms with Gasteiger partial charge in [-0.25, -0.2) is 4.98 Å². The summed E-state index contributed by atoms with van der Waals surface area (Å²) in [5.74, 6) is 1.98. The van der Waals surface area contributed by atoms with Crippen molar-refractivity contribution in [3.05, 3.63) is 36.2 Å². The Balaban J connectivity index is 0.000000878. The molecule has 0 saturated carbocycles. The number of hydrogen-bond acceptors (Lipinski definition) is 5. The van der Waals surface area contributed by atoms with Crippen molar-refractivity contribution in [2.45, 2.75) is 39.3 Å². The summed E-state index contributed by atoms with van der Waals surface area (Å²) in [6, 6.07) is 6.88. The molecule has 1 aliphatic heterocycles. The van der Waals surface area contributed by atoms with Gasteiger partial charge in [0.25, 0.3) is 6.47 Å². The van der Waals surface area contributed by atoms with E-state index in [4.69, 9.17) is 19.4 Å². The molecule has 0 aliphatic carbocycles. The minimum absolute atomic E-state index is 0.250. The molecule has 2 heterocycles. The number of rotatable bonds is 7. The quantitative estimate of drug-likeness (QED) is 0.731. The maximum atomic E-state index is 8.36. The van der Waals surface area contributed by atoms with Crippen molar-refractivity contribution in [3.63, 3.8) is 0 Å². The number of imidazole rings is 1. The van der Waals surface area contributed by atoms with E-state index in [1.165, 1.54) is 5.56 Å². The van der Waals surface area contributed by atoms with Crippen molar-refractivity contribution < 1.29 is 19.4 Å². The second-order valence-corrected chi connectivity index (χ2v) is 6.60. The van der Waals surface area contributed by atoms with Crippen molar-refractivity contribution in [3.8, 4) is 17.1 Å². The molecule has 0 unspecified atom stereocenters. The van der Waals surface area contributed by atoms with Crippen LogP contribution in [0.4, 0.5) is 0 Å². The van der Waals surface area contributed by atoms with E-state index in [-0.39, 0.29) is 6.47 Å². The number of nitrogens with zero attached hydrogens (tertiary/aromatic N) is 3. The molecule has 0 atom stereocenters. The Labute approximate surface area is 166 Å². The molecule has 7 heteroatoms. The van der Waals surface area contributed by atoms with Crippen molar-refractivity contribution in [1.82, 2.24) is 14.5 Å². The number of aromatic nitrogens is 2. The van der Waals surface area contributed by atoms with Crippen molar-refractivity contribution in [2.75, 3.05) is 33.4 Å². The van der Waals surface area contributed by atoms with Crippen LogP contribution in [0.25, 0.3) is 11.4 Å². The summed E-state index contributed by atoms with van der Waals surface area (Å²) in [5.41, 5.74) is 2.37. The molecule has 0 radical (unpaired) electrons. The molecule has 0 bridgehead atoms. The van der Waals surface area contributed by atoms with Crippen LogP contribution in [0, 0.1) is 0 Å². The highest BCUT2D eigenvalue weighted by atomic mass is 16.5. The Morgan fingerprint density at radius 1 is 1.32 bits per heavy atom. The van der Waals surface area contributed by atoms with Crippen LogP contribution in [0.2, 0.25) is 0 Å². The molecule has 7 nitrogen and oxygen atoms in total. The first-order valence-electron chi connectivity index (χ1n) is 9.76. The van der Waals surface area contributed by atoms with Gasteiger partial charge in [-0.3, -0.25) is 9.69 Å². The average molecular weight is 389 g/mol. The standard InChI is InChI=1S/C20H29N3O2.CH2O2/c1-4-22(5-2)15-17-14-16(6-7-19(17)24-3)20-21-10-11-23(20)18-8-12-25-13-9-18;2-1-3/h6-7,10-11,14,18H,4-5,8-9,12-13,15H2,1-3H3;1H,(H,2,3). The van der Waals surface area contributed by atoms with Gasteiger partial charge >= 0.3 is 0 Å². The van der Waals surface area contributed by atoms with Crippen LogP contribution >= 0.6 is 0 Å². The first-order valence-corrected chi connectivity index (χ1v) is 9.76. The van der Waals surface area contributed by atoms with Crippen LogP contribution in [-0.4, -0.2) is 59.4 Å². The Morgan fingerprint density at radius 3 is 2.61 bits per heavy atom. The molecule has 1 fully saturated rings. The summed E-state index contributed by atoms with van der Waals surface area (Å²) < 4.78 is 13.4. The summed E-state index contributed by atoms with van der Waals surface area (Å²) in [6.07, 6.45) is 6.09. The summed E-state index contributed by atoms with van der Waals surface area (Å²) in [7, 11) is 1.74. The third kappa shape index (κ3) is 5.56. The van der Waals surface area contributed by atoms with Crippen LogP contribution in [0.15, 0.2) is 30.6 Å². The molecule has 0 spiro atoms. The molecule has 154 valence electrons. The maximum absolute atomic E-state index is 8.36. The SMILES string of the molecule is CCN(CC)Cc1cc(-c2nccn2C2CCOCC2)ccc1OC.O=CO. The highest BCUT2D eigenvalue weighted by molar-refractivity contribution is 5.59. The third-order valence-electron chi connectivity index (χ3n) is 5.08. The second-order valence-electron chi connectivity index (χ2n) is 6.60. The maximum Gasteiger partial charge on any atom is 0.290 e. The molecule has 28 heavy (non-hydrogen) atoms. The summed E-state index contributed by atoms with van der Waals surface area (Å²) >= 11 is 0. The molecule has 1 aliphatic rings. The highest BCUT2D eigenvalue weighted by Gasteiger charge is 2.19. The van der Waals surface area contributed by atoms with Gasteiger partial charge in [-0.1, -0.05) is 13.8 Å². The fourth-order valence-electron chi connectivity index (χ4n) is 3.52. The molecule has 0 amide bonds. The van der Waals surface area contributed by atoms with E-state index in [0.29, 0.717) is 6.04 Å². The minimum Gasteiger partial charge on any atom is -0.496 e. The van der Waals surface area contributed by atoms with Crippen molar-refractivity contribution in [1.29, 1.82) is 0 Å². The van der Waals surface area contributed by atoms with Crippen LogP contribution < -0.4 is 4.74 Å². The van der Waals surface area contributed by atoms with Gasteiger partial charge in [-0.15, -0.1) is 0 Å². The molecular formula is C21H31N3O4. The van der Waals surface area contributed by atoms with Gasteiger partial charge < -0.3 is 19.1 Å². The number of carbonyl (C=O) groups is 1. The van der Waals surface area contributed by atoms with Gasteiger partial charge in [-0.05, 0) is 44.1 Å². The average Bonchev–Trinajstić information content (AvgIpc) is 3.23. The van der Waals surface area contributed by atoms with E-state index in [9.17, 15) is 0 Å². The topological polar surface area (TPSA) is 76.8 Å². The second kappa shape index (κ2) is 11.5. The van der Waals surface area contributed by atoms with E-state index >= 15 is 0 Å². The monoisotopic (exact) mass is 389 g/mol. The van der Waals surface area contributed by atoms with Gasteiger partial charge in [0.1, 0.15) is 11.6 Å². The van der Waals surface area contributed by atoms with Gasteiger partial charge in [0, 0.05) is 49.3 Å². The predicted molar refractivity (Wildman–Crippen MR) is 109 cm³/mol. The lowest BCUT2D eigenvalue weighted by Crippen LogP contribution is -2.22. The molecule has 3 rings (SSSR count). The zero-order valence-corrected chi connectivity index (χ0v) is 17.0. The van der Waals surface area contributed by atoms with Gasteiger partial charge in [-0.2, -0.15) is 0 Å². The van der Waals surface area contributed by atoms with Crippen molar-refractivity contribution >= 4 is 6.47 Å². The number of methoxy groups -OCH3 is 1. The van der Waals surface area contributed by atoms with E-state index in [0.717, 1.165) is 62.8 Å². The van der Waals surface area contributed by atoms with Crippen LogP contribution in [0.1, 0.15) is 38.3 Å². The third-order valence-corrected chi connectivity index (χ3v) is 5.08. The highest BCUT2D eigenvalue weighted by Crippen LogP contribution is 2.30. The van der Waals surface area contributed by atoms with Crippen LogP contribution in [0.5, 0.6) is 5.75 Å². The molecule has 1 saturated heterocycles. The smallest absolute Gasteiger partial charge is 0.290 e. The molecule has 2 aromatic rings. The molecular weight excluding hydrogens is 358 g/mol. The fourth-order valence-corrected chi connectivity index (χ4v) is 3.52. The summed E-state index contributed by atoms with van der Waals surface area (Å²) in [4.78, 5) is 15.4. The van der Waals surface area contributed by atoms with Crippen LogP contribution in [0.3, 0.4) is 0 Å². The van der Waals surface area contributed by atoms with E-state index in [2.05, 4.69) is 52.7 Å². The molecule has 1 aromatic heterocycles. The van der Waals surface area contributed by atoms with Gasteiger partial charge in [0.15, 0.2) is 0 Å². The number of ether oxygens (including phenoxy) is 2. The Bertz CT molecular complexity index is 722. The van der Waals surface area contributed by atoms with E-state index < -0.39 is 0 Å². The summed E-state index contributed by atoms with van der Waals surface area (Å²) in [6.45, 7) is 8.74. The van der Waals surface area contributed by atoms with E-state index in [1.807, 2.05) is 6.20 Å². The van der Waals surface area contributed by atoms with Gasteiger partial charge in [0.2, 0.25) is 0 Å². The number of carboxylic acid groups (broad SMARTS) is 1. The van der Waals surface area contributed by atoms with Crippen molar-refractivity contribution in [2.24, 2.45) is 0 Å². The zero-order valence-electron chi connectivity index (χ0n) is 17.0. The zero-order chi connectivity index (χ0) is 20.4. The largest absolute Gasteiger partial charge is 0.496 e. The lowest BCUT2D eigenvalue weighted by atomic mass is 10.1. The first-order chi connectivity index (χ1) is 13.7. The predicted octanol–water partition coefficient (Wildman–Crippen LogP) is 3.45. The van der Waals surface area contributed by atoms with Gasteiger partial charge in [0.05, 0.1) is 7.11 Å². The fraction of sp³-hybridized carbons (Fsp3) is 0.524. The normalized spacial score (nSPS) is 14.4. The Kier molecular flexibility index (Phi) is 8.97.